The van der Waals surface area contributed by atoms with E-state index in [1.807, 2.05) is 0 Å². The average Bonchev–Trinajstić information content (AvgIpc) is 2.19. The molecule has 0 saturated heterocycles. The highest BCUT2D eigenvalue weighted by Gasteiger charge is 2.09. The standard InChI is InChI=1S/C10H6Cl3NO/c11-7-3-8(12)14-10-6(7)2-1-5(4-15)9(10)13/h1-3,15H,4H2. The zero-order valence-corrected chi connectivity index (χ0v) is 9.74. The summed E-state index contributed by atoms with van der Waals surface area (Å²) >= 11 is 17.8. The van der Waals surface area contributed by atoms with Crippen LogP contribution in [0.25, 0.3) is 10.9 Å². The molecule has 1 aromatic heterocycles. The molecule has 0 fully saturated rings. The Kier molecular flexibility index (Phi) is 3.03. The Balaban J connectivity index is 2.86. The Morgan fingerprint density at radius 3 is 2.60 bits per heavy atom. The van der Waals surface area contributed by atoms with E-state index < -0.39 is 0 Å². The third-order valence-corrected chi connectivity index (χ3v) is 3.02. The Bertz CT molecular complexity index is 528. The maximum Gasteiger partial charge on any atom is 0.131 e. The highest BCUT2D eigenvalue weighted by molar-refractivity contribution is 6.41. The number of pyridine rings is 1. The summed E-state index contributed by atoms with van der Waals surface area (Å²) in [5.41, 5.74) is 1.12. The molecule has 1 heterocycles. The predicted octanol–water partition coefficient (Wildman–Crippen LogP) is 3.69. The monoisotopic (exact) mass is 261 g/mol. The minimum atomic E-state index is -0.138. The molecule has 2 rings (SSSR count). The molecule has 5 heteroatoms. The number of rotatable bonds is 1. The van der Waals surface area contributed by atoms with Crippen molar-refractivity contribution in [1.29, 1.82) is 0 Å². The van der Waals surface area contributed by atoms with Crippen LogP contribution >= 0.6 is 34.8 Å². The number of aromatic nitrogens is 1. The van der Waals surface area contributed by atoms with Crippen molar-refractivity contribution in [2.24, 2.45) is 0 Å². The second kappa shape index (κ2) is 4.14. The maximum absolute atomic E-state index is 9.04. The second-order valence-electron chi connectivity index (χ2n) is 3.02. The molecule has 0 radical (unpaired) electrons. The number of halogens is 3. The third kappa shape index (κ3) is 1.91. The number of hydrogen-bond acceptors (Lipinski definition) is 2. The van der Waals surface area contributed by atoms with E-state index in [2.05, 4.69) is 4.98 Å². The molecular formula is C10H6Cl3NO. The summed E-state index contributed by atoms with van der Waals surface area (Å²) in [5.74, 6) is 0. The quantitative estimate of drug-likeness (QED) is 0.795. The molecule has 0 bridgehead atoms. The molecule has 1 aromatic carbocycles. The van der Waals surface area contributed by atoms with Gasteiger partial charge in [-0.2, -0.15) is 0 Å². The maximum atomic E-state index is 9.04. The smallest absolute Gasteiger partial charge is 0.131 e. The normalized spacial score (nSPS) is 10.9. The van der Waals surface area contributed by atoms with Crippen molar-refractivity contribution < 1.29 is 5.11 Å². The van der Waals surface area contributed by atoms with Gasteiger partial charge in [-0.05, 0) is 11.6 Å². The highest BCUT2D eigenvalue weighted by atomic mass is 35.5. The summed E-state index contributed by atoms with van der Waals surface area (Å²) in [7, 11) is 0. The fraction of sp³-hybridized carbons (Fsp3) is 0.100. The molecule has 0 aliphatic rings. The van der Waals surface area contributed by atoms with Crippen LogP contribution in [0.3, 0.4) is 0 Å². The van der Waals surface area contributed by atoms with Crippen LogP contribution in [-0.4, -0.2) is 10.1 Å². The second-order valence-corrected chi connectivity index (χ2v) is 4.19. The molecule has 0 atom stereocenters. The van der Waals surface area contributed by atoms with Crippen LogP contribution in [0.15, 0.2) is 18.2 Å². The van der Waals surface area contributed by atoms with Crippen molar-refractivity contribution in [2.45, 2.75) is 6.61 Å². The van der Waals surface area contributed by atoms with Gasteiger partial charge in [0.25, 0.3) is 0 Å². The summed E-state index contributed by atoms with van der Waals surface area (Å²) in [5, 5.41) is 10.9. The van der Waals surface area contributed by atoms with Crippen LogP contribution in [0.1, 0.15) is 5.56 Å². The van der Waals surface area contributed by atoms with Crippen molar-refractivity contribution in [3.05, 3.63) is 39.0 Å². The van der Waals surface area contributed by atoms with Gasteiger partial charge in [-0.1, -0.05) is 46.9 Å². The van der Waals surface area contributed by atoms with Gasteiger partial charge in [0.05, 0.1) is 22.2 Å². The minimum Gasteiger partial charge on any atom is -0.392 e. The molecule has 0 amide bonds. The van der Waals surface area contributed by atoms with Crippen molar-refractivity contribution >= 4 is 45.7 Å². The zero-order chi connectivity index (χ0) is 11.0. The molecule has 2 aromatic rings. The molecule has 15 heavy (non-hydrogen) atoms. The van der Waals surface area contributed by atoms with Crippen LogP contribution in [0.4, 0.5) is 0 Å². The highest BCUT2D eigenvalue weighted by Crippen LogP contribution is 2.32. The number of nitrogens with zero attached hydrogens (tertiary/aromatic N) is 1. The SMILES string of the molecule is OCc1ccc2c(Cl)cc(Cl)nc2c1Cl. The van der Waals surface area contributed by atoms with E-state index in [1.54, 1.807) is 18.2 Å². The minimum absolute atomic E-state index is 0.138. The molecule has 0 spiro atoms. The number of hydrogen-bond donors (Lipinski definition) is 1. The van der Waals surface area contributed by atoms with Gasteiger partial charge >= 0.3 is 0 Å². The lowest BCUT2D eigenvalue weighted by atomic mass is 10.1. The van der Waals surface area contributed by atoms with Crippen LogP contribution < -0.4 is 0 Å². The molecule has 78 valence electrons. The lowest BCUT2D eigenvalue weighted by molar-refractivity contribution is 0.282. The molecule has 2 nitrogen and oxygen atoms in total. The average molecular weight is 263 g/mol. The summed E-state index contributed by atoms with van der Waals surface area (Å²) in [6, 6.07) is 5.03. The molecule has 1 N–H and O–H groups in total. The summed E-state index contributed by atoms with van der Waals surface area (Å²) in [4.78, 5) is 4.08. The number of fused-ring (bicyclic) bond motifs is 1. The van der Waals surface area contributed by atoms with E-state index in [1.165, 1.54) is 0 Å². The van der Waals surface area contributed by atoms with Crippen molar-refractivity contribution in [3.8, 4) is 0 Å². The van der Waals surface area contributed by atoms with Gasteiger partial charge in [-0.15, -0.1) is 0 Å². The van der Waals surface area contributed by atoms with Crippen molar-refractivity contribution in [2.75, 3.05) is 0 Å². The third-order valence-electron chi connectivity index (χ3n) is 2.09. The van der Waals surface area contributed by atoms with E-state index in [0.717, 1.165) is 5.39 Å². The first-order valence-corrected chi connectivity index (χ1v) is 5.31. The molecule has 0 aliphatic carbocycles. The van der Waals surface area contributed by atoms with Gasteiger partial charge in [-0.3, -0.25) is 0 Å². The Morgan fingerprint density at radius 1 is 1.20 bits per heavy atom. The number of aliphatic hydroxyl groups is 1. The lowest BCUT2D eigenvalue weighted by Gasteiger charge is -2.06. The Labute approximate surface area is 101 Å². The van der Waals surface area contributed by atoms with Crippen LogP contribution in [0, 0.1) is 0 Å². The van der Waals surface area contributed by atoms with E-state index in [4.69, 9.17) is 39.9 Å². The van der Waals surface area contributed by atoms with Crippen LogP contribution in [0.5, 0.6) is 0 Å². The zero-order valence-electron chi connectivity index (χ0n) is 7.47. The van der Waals surface area contributed by atoms with E-state index in [-0.39, 0.29) is 11.8 Å². The molecule has 0 aliphatic heterocycles. The van der Waals surface area contributed by atoms with E-state index in [9.17, 15) is 0 Å². The van der Waals surface area contributed by atoms with Crippen LogP contribution in [0.2, 0.25) is 15.2 Å². The topological polar surface area (TPSA) is 33.1 Å². The van der Waals surface area contributed by atoms with E-state index in [0.29, 0.717) is 21.1 Å². The summed E-state index contributed by atoms with van der Waals surface area (Å²) in [6.07, 6.45) is 0. The van der Waals surface area contributed by atoms with Crippen LogP contribution in [-0.2, 0) is 6.61 Å². The van der Waals surface area contributed by atoms with Gasteiger partial charge in [0, 0.05) is 5.39 Å². The predicted molar refractivity (Wildman–Crippen MR) is 62.7 cm³/mol. The molecule has 0 unspecified atom stereocenters. The Hall–Kier alpha value is -0.540. The Morgan fingerprint density at radius 2 is 1.93 bits per heavy atom. The lowest BCUT2D eigenvalue weighted by Crippen LogP contribution is -1.89. The van der Waals surface area contributed by atoms with Gasteiger partial charge in [0.15, 0.2) is 0 Å². The summed E-state index contributed by atoms with van der Waals surface area (Å²) < 4.78 is 0. The first-order valence-electron chi connectivity index (χ1n) is 4.17. The molecule has 0 saturated carbocycles. The van der Waals surface area contributed by atoms with E-state index >= 15 is 0 Å². The van der Waals surface area contributed by atoms with Crippen molar-refractivity contribution in [3.63, 3.8) is 0 Å². The van der Waals surface area contributed by atoms with Gasteiger partial charge in [0.1, 0.15) is 5.15 Å². The van der Waals surface area contributed by atoms with Gasteiger partial charge in [-0.25, -0.2) is 4.98 Å². The fourth-order valence-corrected chi connectivity index (χ4v) is 2.12. The molecular weight excluding hydrogens is 256 g/mol. The first kappa shape index (κ1) is 11.0. The fourth-order valence-electron chi connectivity index (χ4n) is 1.35. The van der Waals surface area contributed by atoms with Gasteiger partial charge < -0.3 is 5.11 Å². The number of aliphatic hydroxyl groups excluding tert-OH is 1. The largest absolute Gasteiger partial charge is 0.392 e. The summed E-state index contributed by atoms with van der Waals surface area (Å²) in [6.45, 7) is -0.138. The number of benzene rings is 1. The van der Waals surface area contributed by atoms with Crippen molar-refractivity contribution in [1.82, 2.24) is 4.98 Å². The first-order chi connectivity index (χ1) is 7.13. The van der Waals surface area contributed by atoms with Gasteiger partial charge in [0.2, 0.25) is 0 Å².